The van der Waals surface area contributed by atoms with Crippen molar-refractivity contribution in [3.8, 4) is 11.5 Å². The second kappa shape index (κ2) is 11.1. The summed E-state index contributed by atoms with van der Waals surface area (Å²) in [5.74, 6) is 1.47. The zero-order valence-electron chi connectivity index (χ0n) is 16.8. The van der Waals surface area contributed by atoms with Crippen LogP contribution in [0.15, 0.2) is 18.2 Å². The first kappa shape index (κ1) is 21.5. The first-order valence-corrected chi connectivity index (χ1v) is 10.0. The first-order chi connectivity index (χ1) is 13.1. The van der Waals surface area contributed by atoms with E-state index in [0.717, 1.165) is 43.4 Å². The summed E-state index contributed by atoms with van der Waals surface area (Å²) in [7, 11) is 1.63. The van der Waals surface area contributed by atoms with Gasteiger partial charge in [0.2, 0.25) is 5.91 Å². The Hall–Kier alpha value is -1.79. The molecule has 27 heavy (non-hydrogen) atoms. The predicted octanol–water partition coefficient (Wildman–Crippen LogP) is 3.20. The number of methoxy groups -OCH3 is 1. The Balaban J connectivity index is 1.94. The van der Waals surface area contributed by atoms with Gasteiger partial charge in [0.1, 0.15) is 0 Å². The molecule has 0 aliphatic carbocycles. The Morgan fingerprint density at radius 3 is 2.70 bits per heavy atom. The minimum absolute atomic E-state index is 0.117. The lowest BCUT2D eigenvalue weighted by Crippen LogP contribution is -2.47. The molecule has 1 aliphatic rings. The number of amides is 1. The highest BCUT2D eigenvalue weighted by atomic mass is 16.5. The maximum atomic E-state index is 12.5. The molecule has 152 valence electrons. The molecule has 1 aliphatic heterocycles. The van der Waals surface area contributed by atoms with Gasteiger partial charge in [-0.15, -0.1) is 0 Å². The van der Waals surface area contributed by atoms with Crippen molar-refractivity contribution in [1.82, 2.24) is 5.32 Å². The first-order valence-electron chi connectivity index (χ1n) is 10.0. The molecule has 1 aromatic rings. The normalized spacial score (nSPS) is 17.2. The molecule has 6 heteroatoms. The minimum Gasteiger partial charge on any atom is -0.493 e. The van der Waals surface area contributed by atoms with Crippen molar-refractivity contribution in [1.29, 1.82) is 0 Å². The molecule has 2 atom stereocenters. The molecular weight excluding hydrogens is 344 g/mol. The van der Waals surface area contributed by atoms with Crippen LogP contribution in [0.4, 0.5) is 0 Å². The molecule has 0 saturated carbocycles. The summed E-state index contributed by atoms with van der Waals surface area (Å²) in [6.07, 6.45) is 5.00. The fourth-order valence-corrected chi connectivity index (χ4v) is 3.29. The molecule has 3 N–H and O–H groups in total. The molecule has 0 bridgehead atoms. The number of unbranched alkanes of at least 4 members (excludes halogenated alkanes) is 2. The maximum Gasteiger partial charge on any atom is 0.237 e. The van der Waals surface area contributed by atoms with Gasteiger partial charge in [-0.1, -0.05) is 25.8 Å². The second-order valence-corrected chi connectivity index (χ2v) is 7.17. The van der Waals surface area contributed by atoms with Crippen LogP contribution in [0.25, 0.3) is 0 Å². The minimum atomic E-state index is -0.501. The highest BCUT2D eigenvalue weighted by Gasteiger charge is 2.27. The number of rotatable bonds is 10. The summed E-state index contributed by atoms with van der Waals surface area (Å²) in [5, 5.41) is 3.02. The number of benzene rings is 1. The average molecular weight is 379 g/mol. The lowest BCUT2D eigenvalue weighted by molar-refractivity contribution is -0.125. The van der Waals surface area contributed by atoms with Crippen molar-refractivity contribution >= 4 is 5.91 Å². The van der Waals surface area contributed by atoms with Gasteiger partial charge >= 0.3 is 0 Å². The molecule has 1 aromatic carbocycles. The third kappa shape index (κ3) is 6.40. The van der Waals surface area contributed by atoms with E-state index in [1.807, 2.05) is 25.1 Å². The smallest absolute Gasteiger partial charge is 0.237 e. The van der Waals surface area contributed by atoms with Crippen LogP contribution >= 0.6 is 0 Å². The molecule has 0 radical (unpaired) electrons. The molecule has 1 heterocycles. The summed E-state index contributed by atoms with van der Waals surface area (Å²) < 4.78 is 16.6. The molecule has 2 rings (SSSR count). The van der Waals surface area contributed by atoms with Crippen LogP contribution in [0.1, 0.15) is 57.6 Å². The Labute approximate surface area is 162 Å². The monoisotopic (exact) mass is 378 g/mol. The molecule has 0 spiro atoms. The molecular formula is C21H34N2O4. The summed E-state index contributed by atoms with van der Waals surface area (Å²) >= 11 is 0. The summed E-state index contributed by atoms with van der Waals surface area (Å²) in [6.45, 7) is 6.15. The van der Waals surface area contributed by atoms with E-state index in [-0.39, 0.29) is 17.9 Å². The van der Waals surface area contributed by atoms with Crippen molar-refractivity contribution in [2.75, 3.05) is 26.9 Å². The zero-order chi connectivity index (χ0) is 19.6. The van der Waals surface area contributed by atoms with Gasteiger partial charge in [-0.3, -0.25) is 4.79 Å². The van der Waals surface area contributed by atoms with E-state index in [9.17, 15) is 4.79 Å². The van der Waals surface area contributed by atoms with Crippen LogP contribution in [0.2, 0.25) is 0 Å². The topological polar surface area (TPSA) is 82.8 Å². The molecule has 1 saturated heterocycles. The van der Waals surface area contributed by atoms with E-state index in [2.05, 4.69) is 12.2 Å². The molecule has 2 unspecified atom stereocenters. The molecule has 0 aromatic heterocycles. The van der Waals surface area contributed by atoms with Crippen LogP contribution in [0.5, 0.6) is 11.5 Å². The number of nitrogens with two attached hydrogens (primary N) is 1. The third-order valence-electron chi connectivity index (χ3n) is 5.13. The van der Waals surface area contributed by atoms with Gasteiger partial charge in [0, 0.05) is 13.2 Å². The van der Waals surface area contributed by atoms with Gasteiger partial charge in [-0.25, -0.2) is 0 Å². The van der Waals surface area contributed by atoms with E-state index in [1.54, 1.807) is 7.11 Å². The van der Waals surface area contributed by atoms with Gasteiger partial charge in [0.25, 0.3) is 0 Å². The fourth-order valence-electron chi connectivity index (χ4n) is 3.29. The SMILES string of the molecule is CCCCCOc1ccc(C(C)NC(=O)C(N)C2CCOCC2)cc1OC. The molecule has 1 fully saturated rings. The highest BCUT2D eigenvalue weighted by molar-refractivity contribution is 5.82. The number of carbonyl (C=O) groups excluding carboxylic acids is 1. The second-order valence-electron chi connectivity index (χ2n) is 7.17. The maximum absolute atomic E-state index is 12.5. The Morgan fingerprint density at radius 2 is 2.04 bits per heavy atom. The standard InChI is InChI=1S/C21H34N2O4/c1-4-5-6-11-27-18-8-7-17(14-19(18)25-3)15(2)23-21(24)20(22)16-9-12-26-13-10-16/h7-8,14-16,20H,4-6,9-13,22H2,1-3H3,(H,23,24). The highest BCUT2D eigenvalue weighted by Crippen LogP contribution is 2.30. The number of hydrogen-bond acceptors (Lipinski definition) is 5. The fraction of sp³-hybridized carbons (Fsp3) is 0.667. The lowest BCUT2D eigenvalue weighted by atomic mass is 9.91. The largest absolute Gasteiger partial charge is 0.493 e. The Kier molecular flexibility index (Phi) is 8.88. The van der Waals surface area contributed by atoms with E-state index in [4.69, 9.17) is 19.9 Å². The van der Waals surface area contributed by atoms with E-state index >= 15 is 0 Å². The van der Waals surface area contributed by atoms with Crippen LogP contribution in [0, 0.1) is 5.92 Å². The number of nitrogens with one attached hydrogen (secondary N) is 1. The quantitative estimate of drug-likeness (QED) is 0.611. The summed E-state index contributed by atoms with van der Waals surface area (Å²) in [5.41, 5.74) is 7.12. The number of hydrogen-bond donors (Lipinski definition) is 2. The van der Waals surface area contributed by atoms with Gasteiger partial charge in [-0.05, 0) is 49.8 Å². The van der Waals surface area contributed by atoms with Crippen LogP contribution in [-0.2, 0) is 9.53 Å². The van der Waals surface area contributed by atoms with Gasteiger partial charge in [-0.2, -0.15) is 0 Å². The van der Waals surface area contributed by atoms with Gasteiger partial charge < -0.3 is 25.3 Å². The van der Waals surface area contributed by atoms with E-state index in [0.29, 0.717) is 25.6 Å². The van der Waals surface area contributed by atoms with Gasteiger partial charge in [0.05, 0.1) is 25.8 Å². The van der Waals surface area contributed by atoms with Crippen molar-refractivity contribution in [3.05, 3.63) is 23.8 Å². The zero-order valence-corrected chi connectivity index (χ0v) is 16.8. The predicted molar refractivity (Wildman–Crippen MR) is 106 cm³/mol. The summed E-state index contributed by atoms with van der Waals surface area (Å²) in [6, 6.07) is 5.12. The Bertz CT molecular complexity index is 588. The van der Waals surface area contributed by atoms with Crippen molar-refractivity contribution in [2.24, 2.45) is 11.7 Å². The van der Waals surface area contributed by atoms with Crippen LogP contribution in [0.3, 0.4) is 0 Å². The van der Waals surface area contributed by atoms with Crippen molar-refractivity contribution in [2.45, 2.75) is 58.0 Å². The van der Waals surface area contributed by atoms with E-state index < -0.39 is 6.04 Å². The number of carbonyl (C=O) groups is 1. The van der Waals surface area contributed by atoms with Crippen molar-refractivity contribution < 1.29 is 19.0 Å². The summed E-state index contributed by atoms with van der Waals surface area (Å²) in [4.78, 5) is 12.5. The molecule has 6 nitrogen and oxygen atoms in total. The third-order valence-corrected chi connectivity index (χ3v) is 5.13. The Morgan fingerprint density at radius 1 is 1.30 bits per heavy atom. The van der Waals surface area contributed by atoms with Crippen molar-refractivity contribution in [3.63, 3.8) is 0 Å². The lowest BCUT2D eigenvalue weighted by Gasteiger charge is -2.28. The van der Waals surface area contributed by atoms with E-state index in [1.165, 1.54) is 0 Å². The average Bonchev–Trinajstić information content (AvgIpc) is 2.71. The van der Waals surface area contributed by atoms with Gasteiger partial charge in [0.15, 0.2) is 11.5 Å². The number of ether oxygens (including phenoxy) is 3. The van der Waals surface area contributed by atoms with Crippen LogP contribution in [-0.4, -0.2) is 38.9 Å². The molecule has 1 amide bonds. The van der Waals surface area contributed by atoms with Crippen LogP contribution < -0.4 is 20.5 Å².